The summed E-state index contributed by atoms with van der Waals surface area (Å²) in [5.41, 5.74) is 0. The number of hydrogen-bond acceptors (Lipinski definition) is 2. The second-order valence-electron chi connectivity index (χ2n) is 2.16. The van der Waals surface area contributed by atoms with Crippen molar-refractivity contribution in [1.29, 1.82) is 0 Å². The van der Waals surface area contributed by atoms with Crippen LogP contribution >= 0.6 is 0 Å². The van der Waals surface area contributed by atoms with Crippen molar-refractivity contribution in [3.63, 3.8) is 0 Å². The van der Waals surface area contributed by atoms with Crippen molar-refractivity contribution in [3.05, 3.63) is 6.92 Å². The summed E-state index contributed by atoms with van der Waals surface area (Å²) in [6.07, 6.45) is 2.00. The molecular formula is C8H15O2. The maximum absolute atomic E-state index is 10.7. The Labute approximate surface area is 62.6 Å². The highest BCUT2D eigenvalue weighted by Gasteiger charge is 2.07. The molecule has 2 nitrogen and oxygen atoms in total. The van der Waals surface area contributed by atoms with Gasteiger partial charge in [0.05, 0.1) is 0 Å². The summed E-state index contributed by atoms with van der Waals surface area (Å²) >= 11 is 0. The van der Waals surface area contributed by atoms with Gasteiger partial charge in [-0.05, 0) is 19.8 Å². The van der Waals surface area contributed by atoms with Crippen molar-refractivity contribution in [2.75, 3.05) is 0 Å². The monoisotopic (exact) mass is 143 g/mol. The van der Waals surface area contributed by atoms with Crippen LogP contribution in [0.5, 0.6) is 0 Å². The molecule has 1 radical (unpaired) electrons. The van der Waals surface area contributed by atoms with Crippen molar-refractivity contribution in [2.45, 2.75) is 39.2 Å². The minimum Gasteiger partial charge on any atom is -0.462 e. The molecule has 0 bridgehead atoms. The average Bonchev–Trinajstić information content (AvgIpc) is 1.99. The molecule has 59 valence electrons. The smallest absolute Gasteiger partial charge is 0.305 e. The van der Waals surface area contributed by atoms with E-state index >= 15 is 0 Å². The maximum atomic E-state index is 10.7. The van der Waals surface area contributed by atoms with Gasteiger partial charge in [-0.2, -0.15) is 0 Å². The first-order chi connectivity index (χ1) is 4.74. The fourth-order valence-electron chi connectivity index (χ4n) is 0.616. The molecule has 0 heterocycles. The van der Waals surface area contributed by atoms with Crippen LogP contribution in [0, 0.1) is 6.92 Å². The summed E-state index contributed by atoms with van der Waals surface area (Å²) in [6, 6.07) is 0. The highest BCUT2D eigenvalue weighted by atomic mass is 16.5. The molecule has 0 saturated heterocycles. The Hall–Kier alpha value is -0.530. The first-order valence-electron chi connectivity index (χ1n) is 3.73. The molecule has 0 aromatic rings. The third kappa shape index (κ3) is 3.49. The first kappa shape index (κ1) is 9.47. The van der Waals surface area contributed by atoms with E-state index in [2.05, 4.69) is 6.92 Å². The lowest BCUT2D eigenvalue weighted by atomic mass is 10.2. The zero-order valence-electron chi connectivity index (χ0n) is 6.72. The predicted molar refractivity (Wildman–Crippen MR) is 40.4 cm³/mol. The van der Waals surface area contributed by atoms with E-state index in [1.54, 1.807) is 6.92 Å². The Balaban J connectivity index is 3.52. The molecular weight excluding hydrogens is 128 g/mol. The number of hydrogen-bond donors (Lipinski definition) is 0. The number of rotatable bonds is 4. The largest absolute Gasteiger partial charge is 0.462 e. The number of carbonyl (C=O) groups is 1. The third-order valence-electron chi connectivity index (χ3n) is 1.36. The summed E-state index contributed by atoms with van der Waals surface area (Å²) in [6.45, 7) is 7.44. The van der Waals surface area contributed by atoms with Crippen LogP contribution in [-0.4, -0.2) is 12.1 Å². The van der Waals surface area contributed by atoms with Gasteiger partial charge in [0.1, 0.15) is 6.10 Å². The predicted octanol–water partition coefficient (Wildman–Crippen LogP) is 1.94. The van der Waals surface area contributed by atoms with Crippen LogP contribution in [0.15, 0.2) is 0 Å². The van der Waals surface area contributed by atoms with Gasteiger partial charge in [-0.3, -0.25) is 4.79 Å². The Kier molecular flexibility index (Phi) is 4.99. The van der Waals surface area contributed by atoms with Gasteiger partial charge in [0.2, 0.25) is 0 Å². The Morgan fingerprint density at radius 2 is 2.20 bits per heavy atom. The van der Waals surface area contributed by atoms with Gasteiger partial charge in [-0.1, -0.05) is 13.8 Å². The summed E-state index contributed by atoms with van der Waals surface area (Å²) in [5.74, 6) is -0.129. The molecule has 10 heavy (non-hydrogen) atoms. The van der Waals surface area contributed by atoms with Gasteiger partial charge in [0.25, 0.3) is 0 Å². The molecule has 0 aliphatic heterocycles. The molecule has 0 amide bonds. The van der Waals surface area contributed by atoms with E-state index in [1.165, 1.54) is 0 Å². The fraction of sp³-hybridized carbons (Fsp3) is 0.750. The summed E-state index contributed by atoms with van der Waals surface area (Å²) in [4.78, 5) is 10.7. The van der Waals surface area contributed by atoms with Crippen LogP contribution in [0.25, 0.3) is 0 Å². The Bertz CT molecular complexity index is 95.4. The van der Waals surface area contributed by atoms with Crippen LogP contribution < -0.4 is 0 Å². The van der Waals surface area contributed by atoms with Crippen molar-refractivity contribution < 1.29 is 9.53 Å². The summed E-state index contributed by atoms with van der Waals surface area (Å²) in [7, 11) is 0. The highest BCUT2D eigenvalue weighted by Crippen LogP contribution is 2.03. The standard InChI is InChI=1S/C8H15O2/c1-4-7(5-2)10-8(9)6-3/h7H,1,4-6H2,2-3H3. The van der Waals surface area contributed by atoms with Crippen LogP contribution in [0.2, 0.25) is 0 Å². The van der Waals surface area contributed by atoms with E-state index in [0.717, 1.165) is 6.42 Å². The van der Waals surface area contributed by atoms with Crippen LogP contribution in [0.3, 0.4) is 0 Å². The molecule has 0 spiro atoms. The minimum absolute atomic E-state index is 0.0208. The lowest BCUT2D eigenvalue weighted by molar-refractivity contribution is -0.148. The number of esters is 1. The summed E-state index contributed by atoms with van der Waals surface area (Å²) in [5, 5.41) is 0. The van der Waals surface area contributed by atoms with Crippen LogP contribution in [0.4, 0.5) is 0 Å². The summed E-state index contributed by atoms with van der Waals surface area (Å²) < 4.78 is 5.00. The normalized spacial score (nSPS) is 10.0. The van der Waals surface area contributed by atoms with Crippen molar-refractivity contribution in [2.24, 2.45) is 0 Å². The molecule has 0 fully saturated rings. The van der Waals surface area contributed by atoms with Crippen molar-refractivity contribution in [1.82, 2.24) is 0 Å². The molecule has 1 unspecified atom stereocenters. The molecule has 0 aliphatic rings. The molecule has 0 rings (SSSR count). The molecule has 0 saturated carbocycles. The maximum Gasteiger partial charge on any atom is 0.305 e. The average molecular weight is 143 g/mol. The molecule has 0 aromatic carbocycles. The van der Waals surface area contributed by atoms with E-state index in [4.69, 9.17) is 4.74 Å². The van der Waals surface area contributed by atoms with E-state index < -0.39 is 0 Å². The zero-order valence-corrected chi connectivity index (χ0v) is 6.72. The first-order valence-corrected chi connectivity index (χ1v) is 3.73. The zero-order chi connectivity index (χ0) is 7.98. The molecule has 0 aromatic heterocycles. The lowest BCUT2D eigenvalue weighted by Crippen LogP contribution is -2.15. The second-order valence-corrected chi connectivity index (χ2v) is 2.16. The van der Waals surface area contributed by atoms with Gasteiger partial charge >= 0.3 is 5.97 Å². The molecule has 2 heteroatoms. The Morgan fingerprint density at radius 1 is 1.60 bits per heavy atom. The van der Waals surface area contributed by atoms with E-state index in [-0.39, 0.29) is 12.1 Å². The lowest BCUT2D eigenvalue weighted by Gasteiger charge is -2.12. The Morgan fingerprint density at radius 3 is 2.50 bits per heavy atom. The molecule has 0 N–H and O–H groups in total. The van der Waals surface area contributed by atoms with Crippen molar-refractivity contribution in [3.8, 4) is 0 Å². The topological polar surface area (TPSA) is 26.3 Å². The molecule has 0 aliphatic carbocycles. The second kappa shape index (κ2) is 5.27. The number of carbonyl (C=O) groups excluding carboxylic acids is 1. The van der Waals surface area contributed by atoms with Gasteiger partial charge in [0, 0.05) is 6.42 Å². The quantitative estimate of drug-likeness (QED) is 0.562. The van der Waals surface area contributed by atoms with Gasteiger partial charge in [-0.15, -0.1) is 0 Å². The SMILES string of the molecule is [CH2]CC(CC)OC(=O)CC. The van der Waals surface area contributed by atoms with E-state index in [0.29, 0.717) is 12.8 Å². The third-order valence-corrected chi connectivity index (χ3v) is 1.36. The fourth-order valence-corrected chi connectivity index (χ4v) is 0.616. The van der Waals surface area contributed by atoms with E-state index in [9.17, 15) is 4.79 Å². The van der Waals surface area contributed by atoms with Gasteiger partial charge in [-0.25, -0.2) is 0 Å². The van der Waals surface area contributed by atoms with Gasteiger partial charge in [0.15, 0.2) is 0 Å². The van der Waals surface area contributed by atoms with Crippen molar-refractivity contribution >= 4 is 5.97 Å². The molecule has 1 atom stereocenters. The highest BCUT2D eigenvalue weighted by molar-refractivity contribution is 5.69. The number of ether oxygens (including phenoxy) is 1. The minimum atomic E-state index is -0.129. The van der Waals surface area contributed by atoms with Crippen LogP contribution in [-0.2, 0) is 9.53 Å². The van der Waals surface area contributed by atoms with Crippen LogP contribution in [0.1, 0.15) is 33.1 Å². The van der Waals surface area contributed by atoms with Gasteiger partial charge < -0.3 is 4.74 Å². The van der Waals surface area contributed by atoms with E-state index in [1.807, 2.05) is 6.92 Å².